The van der Waals surface area contributed by atoms with Gasteiger partial charge in [0.05, 0.1) is 5.52 Å². The van der Waals surface area contributed by atoms with Gasteiger partial charge in [0, 0.05) is 79.1 Å². The van der Waals surface area contributed by atoms with Crippen molar-refractivity contribution in [1.29, 1.82) is 10.7 Å². The summed E-state index contributed by atoms with van der Waals surface area (Å²) in [6.07, 6.45) is 11.7. The van der Waals surface area contributed by atoms with Gasteiger partial charge in [-0.15, -0.1) is 5.10 Å². The minimum atomic E-state index is 0.174. The van der Waals surface area contributed by atoms with Crippen molar-refractivity contribution in [2.24, 2.45) is 5.92 Å². The summed E-state index contributed by atoms with van der Waals surface area (Å²) in [5, 5.41) is 24.9. The van der Waals surface area contributed by atoms with Crippen molar-refractivity contribution < 1.29 is 0 Å². The van der Waals surface area contributed by atoms with E-state index in [4.69, 9.17) is 16.1 Å². The molecule has 4 aromatic heterocycles. The van der Waals surface area contributed by atoms with Gasteiger partial charge in [0.15, 0.2) is 5.82 Å². The number of nitrogen functional groups attached to an aromatic ring is 1. The SMILES string of the molecule is CN/C=C(\C=N)c1cc(-c2ccc(N3CCC(Cc4ccccn4)CC3)nc2)c2c(C#N)c(N)nn2c1. The maximum atomic E-state index is 9.75. The first-order chi connectivity index (χ1) is 18.1. The van der Waals surface area contributed by atoms with Crippen molar-refractivity contribution >= 4 is 28.9 Å². The van der Waals surface area contributed by atoms with Crippen LogP contribution in [0.5, 0.6) is 0 Å². The second kappa shape index (κ2) is 10.5. The van der Waals surface area contributed by atoms with Gasteiger partial charge in [-0.3, -0.25) is 4.98 Å². The number of aromatic nitrogens is 4. The van der Waals surface area contributed by atoms with Gasteiger partial charge in [0.1, 0.15) is 17.5 Å². The Bertz CT molecular complexity index is 1470. The molecule has 9 nitrogen and oxygen atoms in total. The first kappa shape index (κ1) is 24.0. The van der Waals surface area contributed by atoms with E-state index in [2.05, 4.69) is 32.4 Å². The van der Waals surface area contributed by atoms with Gasteiger partial charge in [0.25, 0.3) is 0 Å². The van der Waals surface area contributed by atoms with Gasteiger partial charge in [-0.05, 0) is 55.5 Å². The van der Waals surface area contributed by atoms with Gasteiger partial charge in [-0.1, -0.05) is 6.07 Å². The standard InChI is InChI=1S/C28H29N9/c1-32-16-22(14-29)21-13-24(27-25(15-30)28(31)35-37(27)18-21)20-5-6-26(34-17-20)36-10-7-19(8-11-36)12-23-4-2-3-9-33-23/h2-6,9,13-14,16-19,29,32H,7-8,10-12H2,1H3,(H2,31,35)/b22-16+,29-14?. The smallest absolute Gasteiger partial charge is 0.164 e. The van der Waals surface area contributed by atoms with Crippen LogP contribution < -0.4 is 16.0 Å². The highest BCUT2D eigenvalue weighted by molar-refractivity contribution is 6.09. The van der Waals surface area contributed by atoms with Crippen LogP contribution in [0.4, 0.5) is 11.6 Å². The Balaban J connectivity index is 1.41. The zero-order valence-electron chi connectivity index (χ0n) is 20.7. The molecule has 4 N–H and O–H groups in total. The molecule has 0 spiro atoms. The number of piperidine rings is 1. The number of anilines is 2. The Morgan fingerprint density at radius 2 is 2.08 bits per heavy atom. The summed E-state index contributed by atoms with van der Waals surface area (Å²) in [5.41, 5.74) is 11.3. The lowest BCUT2D eigenvalue weighted by atomic mass is 9.92. The highest BCUT2D eigenvalue weighted by atomic mass is 15.2. The second-order valence-electron chi connectivity index (χ2n) is 9.20. The molecule has 1 fully saturated rings. The Hall–Kier alpha value is -4.71. The van der Waals surface area contributed by atoms with Gasteiger partial charge < -0.3 is 21.4 Å². The number of rotatable bonds is 7. The monoisotopic (exact) mass is 491 g/mol. The molecule has 5 rings (SSSR count). The Labute approximate surface area is 215 Å². The third kappa shape index (κ3) is 4.86. The Morgan fingerprint density at radius 3 is 2.73 bits per heavy atom. The number of hydrogen-bond acceptors (Lipinski definition) is 8. The fraction of sp³-hybridized carbons (Fsp3) is 0.250. The summed E-state index contributed by atoms with van der Waals surface area (Å²) < 4.78 is 1.62. The Kier molecular flexibility index (Phi) is 6.81. The van der Waals surface area contributed by atoms with Crippen LogP contribution in [0.15, 0.2) is 61.2 Å². The van der Waals surface area contributed by atoms with E-state index < -0.39 is 0 Å². The largest absolute Gasteiger partial charge is 0.393 e. The topological polar surface area (TPSA) is 132 Å². The predicted octanol–water partition coefficient (Wildman–Crippen LogP) is 3.91. The van der Waals surface area contributed by atoms with Crippen molar-refractivity contribution in [3.63, 3.8) is 0 Å². The summed E-state index contributed by atoms with van der Waals surface area (Å²) >= 11 is 0. The second-order valence-corrected chi connectivity index (χ2v) is 9.20. The molecule has 0 aliphatic carbocycles. The molecule has 5 heterocycles. The number of nitrogens with one attached hydrogen (secondary N) is 2. The van der Waals surface area contributed by atoms with E-state index in [0.29, 0.717) is 22.6 Å². The van der Waals surface area contributed by atoms with Gasteiger partial charge in [-0.25, -0.2) is 9.50 Å². The molecule has 0 amide bonds. The van der Waals surface area contributed by atoms with Crippen LogP contribution in [0.1, 0.15) is 29.7 Å². The fourth-order valence-corrected chi connectivity index (χ4v) is 4.96. The van der Waals surface area contributed by atoms with E-state index in [1.807, 2.05) is 42.7 Å². The summed E-state index contributed by atoms with van der Waals surface area (Å²) in [5.74, 6) is 1.75. The Morgan fingerprint density at radius 1 is 1.24 bits per heavy atom. The molecule has 9 heteroatoms. The lowest BCUT2D eigenvalue weighted by Gasteiger charge is -2.32. The number of pyridine rings is 3. The maximum Gasteiger partial charge on any atom is 0.164 e. The molecule has 0 radical (unpaired) electrons. The highest BCUT2D eigenvalue weighted by Gasteiger charge is 2.22. The summed E-state index contributed by atoms with van der Waals surface area (Å²) in [6, 6.07) is 14.3. The molecule has 0 saturated carbocycles. The van der Waals surface area contributed by atoms with Crippen LogP contribution in [0, 0.1) is 22.7 Å². The quantitative estimate of drug-likeness (QED) is 0.334. The van der Waals surface area contributed by atoms with Crippen LogP contribution in [-0.4, -0.2) is 45.9 Å². The van der Waals surface area contributed by atoms with Gasteiger partial charge in [0.2, 0.25) is 0 Å². The van der Waals surface area contributed by atoms with Gasteiger partial charge >= 0.3 is 0 Å². The van der Waals surface area contributed by atoms with Crippen LogP contribution in [0.2, 0.25) is 0 Å². The van der Waals surface area contributed by atoms with Crippen LogP contribution >= 0.6 is 0 Å². The fourth-order valence-electron chi connectivity index (χ4n) is 4.96. The zero-order chi connectivity index (χ0) is 25.8. The van der Waals surface area contributed by atoms with E-state index in [-0.39, 0.29) is 5.82 Å². The average Bonchev–Trinajstić information content (AvgIpc) is 3.27. The normalized spacial score (nSPS) is 14.5. The maximum absolute atomic E-state index is 9.75. The molecule has 1 saturated heterocycles. The van der Waals surface area contributed by atoms with E-state index in [0.717, 1.165) is 60.6 Å². The van der Waals surface area contributed by atoms with Crippen LogP contribution in [-0.2, 0) is 6.42 Å². The predicted molar refractivity (Wildman–Crippen MR) is 146 cm³/mol. The minimum Gasteiger partial charge on any atom is -0.393 e. The average molecular weight is 492 g/mol. The summed E-state index contributed by atoms with van der Waals surface area (Å²) in [6.45, 7) is 1.91. The third-order valence-electron chi connectivity index (χ3n) is 6.88. The number of nitriles is 1. The molecule has 186 valence electrons. The van der Waals surface area contributed by atoms with E-state index in [1.165, 1.54) is 6.21 Å². The molecule has 0 aromatic carbocycles. The molecular weight excluding hydrogens is 462 g/mol. The molecule has 1 aliphatic heterocycles. The van der Waals surface area contributed by atoms with Crippen molar-refractivity contribution in [3.05, 3.63) is 78.0 Å². The molecule has 4 aromatic rings. The molecular formula is C28H29N9. The lowest BCUT2D eigenvalue weighted by molar-refractivity contribution is 0.399. The minimum absolute atomic E-state index is 0.174. The van der Waals surface area contributed by atoms with E-state index >= 15 is 0 Å². The molecule has 0 bridgehead atoms. The van der Waals surface area contributed by atoms with Crippen molar-refractivity contribution in [2.75, 3.05) is 30.8 Å². The lowest BCUT2D eigenvalue weighted by Crippen LogP contribution is -2.34. The summed E-state index contributed by atoms with van der Waals surface area (Å²) in [7, 11) is 1.78. The van der Waals surface area contributed by atoms with Crippen LogP contribution in [0.3, 0.4) is 0 Å². The molecule has 1 aliphatic rings. The highest BCUT2D eigenvalue weighted by Crippen LogP contribution is 2.33. The van der Waals surface area contributed by atoms with Crippen molar-refractivity contribution in [3.8, 4) is 17.2 Å². The van der Waals surface area contributed by atoms with Crippen LogP contribution in [0.25, 0.3) is 22.2 Å². The summed E-state index contributed by atoms with van der Waals surface area (Å²) in [4.78, 5) is 11.6. The number of fused-ring (bicyclic) bond motifs is 1. The third-order valence-corrected chi connectivity index (χ3v) is 6.88. The van der Waals surface area contributed by atoms with E-state index in [9.17, 15) is 5.26 Å². The van der Waals surface area contributed by atoms with Crippen molar-refractivity contribution in [1.82, 2.24) is 24.9 Å². The number of nitrogens with two attached hydrogens (primary N) is 1. The number of allylic oxidation sites excluding steroid dienone is 1. The molecule has 37 heavy (non-hydrogen) atoms. The first-order valence-electron chi connectivity index (χ1n) is 12.3. The van der Waals surface area contributed by atoms with E-state index in [1.54, 1.807) is 24.0 Å². The first-order valence-corrected chi connectivity index (χ1v) is 12.3. The number of hydrogen-bond donors (Lipinski definition) is 3. The van der Waals surface area contributed by atoms with Crippen molar-refractivity contribution in [2.45, 2.75) is 19.3 Å². The molecule has 0 unspecified atom stereocenters. The molecule has 0 atom stereocenters. The zero-order valence-corrected chi connectivity index (χ0v) is 20.7. The van der Waals surface area contributed by atoms with Gasteiger partial charge in [-0.2, -0.15) is 5.26 Å². The number of nitrogens with zero attached hydrogens (tertiary/aromatic N) is 6.